The number of halogens is 2. The lowest BCUT2D eigenvalue weighted by Crippen LogP contribution is -2.37. The van der Waals surface area contributed by atoms with E-state index in [4.69, 9.17) is 16.7 Å². The minimum Gasteiger partial charge on any atom is -0.480 e. The van der Waals surface area contributed by atoms with Crippen molar-refractivity contribution < 1.29 is 22.7 Å². The number of carbonyl (C=O) groups is 1. The van der Waals surface area contributed by atoms with Crippen LogP contribution in [0.2, 0.25) is 5.02 Å². The first-order valence-electron chi connectivity index (χ1n) is 4.95. The van der Waals surface area contributed by atoms with E-state index >= 15 is 0 Å². The topological polar surface area (TPSA) is 74.7 Å². The molecule has 0 unspecified atom stereocenters. The van der Waals surface area contributed by atoms with Crippen LogP contribution in [-0.4, -0.2) is 31.8 Å². The maximum absolute atomic E-state index is 12.9. The maximum atomic E-state index is 12.9. The molecule has 0 bridgehead atoms. The van der Waals surface area contributed by atoms with Gasteiger partial charge >= 0.3 is 5.97 Å². The number of nitrogens with zero attached hydrogens (tertiary/aromatic N) is 1. The van der Waals surface area contributed by atoms with E-state index in [2.05, 4.69) is 0 Å². The minimum absolute atomic E-state index is 0.0534. The molecule has 1 N–H and O–H groups in total. The number of carboxylic acids is 1. The fourth-order valence-electron chi connectivity index (χ4n) is 1.30. The number of sulfonamides is 1. The Morgan fingerprint density at radius 2 is 2.11 bits per heavy atom. The Balaban J connectivity index is 3.30. The highest BCUT2D eigenvalue weighted by molar-refractivity contribution is 7.92. The monoisotopic (exact) mass is 295 g/mol. The summed E-state index contributed by atoms with van der Waals surface area (Å²) in [6.07, 6.45) is 0. The van der Waals surface area contributed by atoms with E-state index in [0.29, 0.717) is 4.31 Å². The van der Waals surface area contributed by atoms with Crippen LogP contribution < -0.4 is 4.31 Å². The molecular formula is C10H11ClFNO4S. The van der Waals surface area contributed by atoms with Crippen molar-refractivity contribution in [3.63, 3.8) is 0 Å². The summed E-state index contributed by atoms with van der Waals surface area (Å²) in [4.78, 5) is 10.7. The molecule has 5 nitrogen and oxygen atoms in total. The Morgan fingerprint density at radius 1 is 1.50 bits per heavy atom. The molecule has 1 rings (SSSR count). The zero-order valence-electron chi connectivity index (χ0n) is 9.43. The molecule has 100 valence electrons. The fraction of sp³-hybridized carbons (Fsp3) is 0.300. The second kappa shape index (κ2) is 5.53. The lowest BCUT2D eigenvalue weighted by Gasteiger charge is -2.22. The van der Waals surface area contributed by atoms with Gasteiger partial charge in [-0.15, -0.1) is 0 Å². The number of aliphatic carboxylic acids is 1. The summed E-state index contributed by atoms with van der Waals surface area (Å²) in [7, 11) is -3.80. The molecule has 0 heterocycles. The molecule has 1 aromatic rings. The number of rotatable bonds is 5. The number of benzene rings is 1. The third-order valence-corrected chi connectivity index (χ3v) is 4.19. The van der Waals surface area contributed by atoms with Crippen molar-refractivity contribution in [2.45, 2.75) is 6.92 Å². The van der Waals surface area contributed by atoms with E-state index < -0.39 is 28.4 Å². The Morgan fingerprint density at radius 3 is 2.56 bits per heavy atom. The first-order chi connectivity index (χ1) is 8.27. The van der Waals surface area contributed by atoms with Crippen LogP contribution in [0.15, 0.2) is 18.2 Å². The van der Waals surface area contributed by atoms with E-state index in [1.807, 2.05) is 0 Å². The van der Waals surface area contributed by atoms with Crippen LogP contribution in [0.5, 0.6) is 0 Å². The SMILES string of the molecule is CCS(=O)(=O)N(CC(=O)O)c1ccc(F)cc1Cl. The normalized spacial score (nSPS) is 11.3. The highest BCUT2D eigenvalue weighted by atomic mass is 35.5. The summed E-state index contributed by atoms with van der Waals surface area (Å²) in [6, 6.07) is 3.08. The molecule has 1 aromatic carbocycles. The van der Waals surface area contributed by atoms with Crippen LogP contribution in [-0.2, 0) is 14.8 Å². The van der Waals surface area contributed by atoms with Gasteiger partial charge in [0, 0.05) is 0 Å². The number of hydrogen-bond donors (Lipinski definition) is 1. The van der Waals surface area contributed by atoms with Gasteiger partial charge < -0.3 is 5.11 Å². The van der Waals surface area contributed by atoms with Gasteiger partial charge in [-0.2, -0.15) is 0 Å². The summed E-state index contributed by atoms with van der Waals surface area (Å²) in [6.45, 7) is 0.614. The zero-order chi connectivity index (χ0) is 13.9. The van der Waals surface area contributed by atoms with Gasteiger partial charge in [-0.3, -0.25) is 9.10 Å². The van der Waals surface area contributed by atoms with Crippen molar-refractivity contribution in [3.8, 4) is 0 Å². The average molecular weight is 296 g/mol. The molecule has 0 atom stereocenters. The maximum Gasteiger partial charge on any atom is 0.324 e. The van der Waals surface area contributed by atoms with Crippen molar-refractivity contribution in [2.75, 3.05) is 16.6 Å². The van der Waals surface area contributed by atoms with Crippen LogP contribution in [0.1, 0.15) is 6.92 Å². The fourth-order valence-corrected chi connectivity index (χ4v) is 2.69. The van der Waals surface area contributed by atoms with Gasteiger partial charge in [0.1, 0.15) is 12.4 Å². The molecule has 18 heavy (non-hydrogen) atoms. The zero-order valence-corrected chi connectivity index (χ0v) is 11.0. The Hall–Kier alpha value is -1.34. The Kier molecular flexibility index (Phi) is 4.53. The first-order valence-corrected chi connectivity index (χ1v) is 6.94. The third kappa shape index (κ3) is 3.33. The summed E-state index contributed by atoms with van der Waals surface area (Å²) < 4.78 is 37.1. The molecule has 0 spiro atoms. The predicted octanol–water partition coefficient (Wildman–Crippen LogP) is 1.72. The molecular weight excluding hydrogens is 285 g/mol. The van der Waals surface area contributed by atoms with Crippen molar-refractivity contribution >= 4 is 33.3 Å². The van der Waals surface area contributed by atoms with Crippen LogP contribution in [0.4, 0.5) is 10.1 Å². The van der Waals surface area contributed by atoms with E-state index in [1.165, 1.54) is 6.92 Å². The van der Waals surface area contributed by atoms with Crippen LogP contribution in [0, 0.1) is 5.82 Å². The molecule has 0 aromatic heterocycles. The summed E-state index contributed by atoms with van der Waals surface area (Å²) in [5.41, 5.74) is -0.0534. The average Bonchev–Trinajstić information content (AvgIpc) is 2.26. The summed E-state index contributed by atoms with van der Waals surface area (Å²) in [5, 5.41) is 8.57. The van der Waals surface area contributed by atoms with E-state index in [-0.39, 0.29) is 16.5 Å². The molecule has 0 saturated heterocycles. The van der Waals surface area contributed by atoms with Crippen molar-refractivity contribution in [1.82, 2.24) is 0 Å². The lowest BCUT2D eigenvalue weighted by atomic mass is 10.3. The Bertz CT molecular complexity index is 561. The minimum atomic E-state index is -3.80. The second-order valence-corrected chi connectivity index (χ2v) is 5.99. The molecule has 0 aliphatic carbocycles. The standard InChI is InChI=1S/C10H11ClFNO4S/c1-2-18(16,17)13(6-10(14)15)9-4-3-7(12)5-8(9)11/h3-5H,2,6H2,1H3,(H,14,15). The van der Waals surface area contributed by atoms with Crippen LogP contribution in [0.25, 0.3) is 0 Å². The number of hydrogen-bond acceptors (Lipinski definition) is 3. The second-order valence-electron chi connectivity index (χ2n) is 3.40. The lowest BCUT2D eigenvalue weighted by molar-refractivity contribution is -0.135. The van der Waals surface area contributed by atoms with E-state index in [9.17, 15) is 17.6 Å². The van der Waals surface area contributed by atoms with Gasteiger partial charge in [0.05, 0.1) is 16.5 Å². The summed E-state index contributed by atoms with van der Waals surface area (Å²) in [5.74, 6) is -2.24. The largest absolute Gasteiger partial charge is 0.480 e. The van der Waals surface area contributed by atoms with Crippen molar-refractivity contribution in [2.24, 2.45) is 0 Å². The van der Waals surface area contributed by atoms with Crippen LogP contribution >= 0.6 is 11.6 Å². The molecule has 0 aliphatic rings. The van der Waals surface area contributed by atoms with Crippen molar-refractivity contribution in [1.29, 1.82) is 0 Å². The van der Waals surface area contributed by atoms with Crippen LogP contribution in [0.3, 0.4) is 0 Å². The highest BCUT2D eigenvalue weighted by Gasteiger charge is 2.25. The number of anilines is 1. The molecule has 0 radical (unpaired) electrons. The van der Waals surface area contributed by atoms with Gasteiger partial charge in [-0.25, -0.2) is 12.8 Å². The van der Waals surface area contributed by atoms with Crippen molar-refractivity contribution in [3.05, 3.63) is 29.0 Å². The molecule has 0 amide bonds. The number of carboxylic acid groups (broad SMARTS) is 1. The van der Waals surface area contributed by atoms with Gasteiger partial charge in [-0.05, 0) is 25.1 Å². The molecule has 0 saturated carbocycles. The van der Waals surface area contributed by atoms with Gasteiger partial charge in [0.15, 0.2) is 0 Å². The third-order valence-electron chi connectivity index (χ3n) is 2.16. The smallest absolute Gasteiger partial charge is 0.324 e. The highest BCUT2D eigenvalue weighted by Crippen LogP contribution is 2.28. The Labute approximate surface area is 109 Å². The summed E-state index contributed by atoms with van der Waals surface area (Å²) >= 11 is 5.73. The van der Waals surface area contributed by atoms with E-state index in [0.717, 1.165) is 18.2 Å². The quantitative estimate of drug-likeness (QED) is 0.897. The van der Waals surface area contributed by atoms with Gasteiger partial charge in [0.25, 0.3) is 0 Å². The van der Waals surface area contributed by atoms with Gasteiger partial charge in [0.2, 0.25) is 10.0 Å². The predicted molar refractivity (Wildman–Crippen MR) is 65.9 cm³/mol. The molecule has 0 aliphatic heterocycles. The molecule has 0 fully saturated rings. The molecule has 8 heteroatoms. The van der Waals surface area contributed by atoms with Gasteiger partial charge in [-0.1, -0.05) is 11.6 Å². The first kappa shape index (κ1) is 14.7. The van der Waals surface area contributed by atoms with E-state index in [1.54, 1.807) is 0 Å².